The van der Waals surface area contributed by atoms with E-state index >= 15 is 0 Å². The molecule has 1 fully saturated rings. The summed E-state index contributed by atoms with van der Waals surface area (Å²) in [4.78, 5) is 11.3. The standard InChI is InChI=1S/C13H17NO3/c1-2-17-11-8-13(9-11,12(15)16)14-10-6-4-3-5-7-10/h3-7,11,14H,2,8-9H2,1H3,(H,15,16). The number of hydrogen-bond acceptors (Lipinski definition) is 3. The van der Waals surface area contributed by atoms with Crippen LogP contribution in [0, 0.1) is 0 Å². The Bertz CT molecular complexity index is 385. The summed E-state index contributed by atoms with van der Waals surface area (Å²) in [5.74, 6) is -0.808. The average Bonchev–Trinajstić information content (AvgIpc) is 2.27. The summed E-state index contributed by atoms with van der Waals surface area (Å²) in [6.07, 6.45) is 1.10. The number of anilines is 1. The lowest BCUT2D eigenvalue weighted by Gasteiger charge is -2.44. The van der Waals surface area contributed by atoms with Gasteiger partial charge in [0.1, 0.15) is 5.54 Å². The number of ether oxygens (including phenoxy) is 1. The summed E-state index contributed by atoms with van der Waals surface area (Å²) in [6, 6.07) is 9.42. The lowest BCUT2D eigenvalue weighted by atomic mass is 9.74. The summed E-state index contributed by atoms with van der Waals surface area (Å²) < 4.78 is 5.42. The van der Waals surface area contributed by atoms with Crippen molar-refractivity contribution in [3.63, 3.8) is 0 Å². The van der Waals surface area contributed by atoms with Crippen molar-refractivity contribution in [3.05, 3.63) is 30.3 Å². The Morgan fingerprint density at radius 2 is 2.12 bits per heavy atom. The Morgan fingerprint density at radius 3 is 2.65 bits per heavy atom. The Hall–Kier alpha value is -1.55. The Morgan fingerprint density at radius 1 is 1.47 bits per heavy atom. The SMILES string of the molecule is CCOC1CC(Nc2ccccc2)(C(=O)O)C1. The fourth-order valence-corrected chi connectivity index (χ4v) is 2.20. The highest BCUT2D eigenvalue weighted by atomic mass is 16.5. The highest BCUT2D eigenvalue weighted by Gasteiger charge is 2.51. The first-order valence-electron chi connectivity index (χ1n) is 5.84. The molecule has 92 valence electrons. The second kappa shape index (κ2) is 4.75. The number of nitrogens with one attached hydrogen (secondary N) is 1. The van der Waals surface area contributed by atoms with Crippen molar-refractivity contribution in [2.45, 2.75) is 31.4 Å². The van der Waals surface area contributed by atoms with Crippen molar-refractivity contribution in [1.29, 1.82) is 0 Å². The van der Waals surface area contributed by atoms with E-state index < -0.39 is 11.5 Å². The molecule has 0 heterocycles. The molecule has 0 amide bonds. The highest BCUT2D eigenvalue weighted by Crippen LogP contribution is 2.37. The van der Waals surface area contributed by atoms with Gasteiger partial charge in [-0.15, -0.1) is 0 Å². The Kier molecular flexibility index (Phi) is 3.33. The second-order valence-electron chi connectivity index (χ2n) is 4.36. The van der Waals surface area contributed by atoms with E-state index in [1.807, 2.05) is 37.3 Å². The van der Waals surface area contributed by atoms with Gasteiger partial charge in [-0.3, -0.25) is 0 Å². The highest BCUT2D eigenvalue weighted by molar-refractivity contribution is 5.84. The summed E-state index contributed by atoms with van der Waals surface area (Å²) in [7, 11) is 0. The molecule has 2 rings (SSSR count). The van der Waals surface area contributed by atoms with Crippen LogP contribution in [0.25, 0.3) is 0 Å². The van der Waals surface area contributed by atoms with E-state index in [4.69, 9.17) is 4.74 Å². The van der Waals surface area contributed by atoms with Gasteiger partial charge in [0.15, 0.2) is 0 Å². The molecule has 0 unspecified atom stereocenters. The zero-order valence-electron chi connectivity index (χ0n) is 9.85. The van der Waals surface area contributed by atoms with Gasteiger partial charge in [0.25, 0.3) is 0 Å². The molecule has 4 heteroatoms. The molecule has 17 heavy (non-hydrogen) atoms. The minimum Gasteiger partial charge on any atom is -0.480 e. The first-order chi connectivity index (χ1) is 8.16. The normalized spacial score (nSPS) is 27.2. The predicted molar refractivity (Wildman–Crippen MR) is 65.1 cm³/mol. The number of rotatable bonds is 5. The maximum Gasteiger partial charge on any atom is 0.329 e. The van der Waals surface area contributed by atoms with Crippen molar-refractivity contribution in [1.82, 2.24) is 0 Å². The van der Waals surface area contributed by atoms with Crippen molar-refractivity contribution >= 4 is 11.7 Å². The molecule has 0 atom stereocenters. The molecule has 0 bridgehead atoms. The first kappa shape index (κ1) is 11.9. The third-order valence-electron chi connectivity index (χ3n) is 3.12. The first-order valence-corrected chi connectivity index (χ1v) is 5.84. The maximum atomic E-state index is 11.3. The topological polar surface area (TPSA) is 58.6 Å². The molecule has 1 aromatic rings. The van der Waals surface area contributed by atoms with Crippen LogP contribution < -0.4 is 5.32 Å². The van der Waals surface area contributed by atoms with Gasteiger partial charge in [0.05, 0.1) is 6.10 Å². The molecule has 4 nitrogen and oxygen atoms in total. The van der Waals surface area contributed by atoms with Crippen LogP contribution >= 0.6 is 0 Å². The Balaban J connectivity index is 2.03. The van der Waals surface area contributed by atoms with E-state index in [0.717, 1.165) is 5.69 Å². The smallest absolute Gasteiger partial charge is 0.329 e. The van der Waals surface area contributed by atoms with Gasteiger partial charge in [-0.1, -0.05) is 18.2 Å². The van der Waals surface area contributed by atoms with E-state index in [2.05, 4.69) is 5.32 Å². The maximum absolute atomic E-state index is 11.3. The molecular weight excluding hydrogens is 218 g/mol. The molecule has 1 aromatic carbocycles. The van der Waals surface area contributed by atoms with E-state index in [1.54, 1.807) is 0 Å². The molecule has 1 aliphatic rings. The van der Waals surface area contributed by atoms with Crippen LogP contribution in [-0.4, -0.2) is 29.3 Å². The number of benzene rings is 1. The number of aliphatic carboxylic acids is 1. The molecule has 0 radical (unpaired) electrons. The van der Waals surface area contributed by atoms with Gasteiger partial charge in [-0.05, 0) is 19.1 Å². The van der Waals surface area contributed by atoms with E-state index in [9.17, 15) is 9.90 Å². The summed E-state index contributed by atoms with van der Waals surface area (Å²) >= 11 is 0. The second-order valence-corrected chi connectivity index (χ2v) is 4.36. The number of carboxylic acids is 1. The molecular formula is C13H17NO3. The molecule has 1 aliphatic carbocycles. The van der Waals surface area contributed by atoms with Crippen LogP contribution in [-0.2, 0) is 9.53 Å². The van der Waals surface area contributed by atoms with E-state index in [0.29, 0.717) is 19.4 Å². The van der Waals surface area contributed by atoms with Crippen LogP contribution in [0.3, 0.4) is 0 Å². The molecule has 0 aromatic heterocycles. The monoisotopic (exact) mass is 235 g/mol. The van der Waals surface area contributed by atoms with Gasteiger partial charge >= 0.3 is 5.97 Å². The zero-order valence-corrected chi connectivity index (χ0v) is 9.85. The van der Waals surface area contributed by atoms with Gasteiger partial charge in [-0.25, -0.2) is 4.79 Å². The van der Waals surface area contributed by atoms with Crippen LogP contribution in [0.2, 0.25) is 0 Å². The third-order valence-corrected chi connectivity index (χ3v) is 3.12. The van der Waals surface area contributed by atoms with Gasteiger partial charge in [0, 0.05) is 25.1 Å². The third kappa shape index (κ3) is 2.42. The van der Waals surface area contributed by atoms with E-state index in [-0.39, 0.29) is 6.10 Å². The number of carbonyl (C=O) groups is 1. The van der Waals surface area contributed by atoms with Crippen molar-refractivity contribution in [3.8, 4) is 0 Å². The number of carboxylic acid groups (broad SMARTS) is 1. The summed E-state index contributed by atoms with van der Waals surface area (Å²) in [5, 5.41) is 12.4. The summed E-state index contributed by atoms with van der Waals surface area (Å²) in [6.45, 7) is 2.55. The van der Waals surface area contributed by atoms with Gasteiger partial charge in [0.2, 0.25) is 0 Å². The largest absolute Gasteiger partial charge is 0.480 e. The predicted octanol–water partition coefficient (Wildman–Crippen LogP) is 2.12. The van der Waals surface area contributed by atoms with E-state index in [1.165, 1.54) is 0 Å². The van der Waals surface area contributed by atoms with Crippen LogP contribution in [0.1, 0.15) is 19.8 Å². The van der Waals surface area contributed by atoms with Crippen molar-refractivity contribution < 1.29 is 14.6 Å². The van der Waals surface area contributed by atoms with Gasteiger partial charge < -0.3 is 15.2 Å². The fourth-order valence-electron chi connectivity index (χ4n) is 2.20. The quantitative estimate of drug-likeness (QED) is 0.820. The van der Waals surface area contributed by atoms with Crippen molar-refractivity contribution in [2.24, 2.45) is 0 Å². The average molecular weight is 235 g/mol. The van der Waals surface area contributed by atoms with Gasteiger partial charge in [-0.2, -0.15) is 0 Å². The lowest BCUT2D eigenvalue weighted by molar-refractivity contribution is -0.152. The van der Waals surface area contributed by atoms with Crippen LogP contribution in [0.15, 0.2) is 30.3 Å². The number of hydrogen-bond donors (Lipinski definition) is 2. The molecule has 0 spiro atoms. The zero-order chi connectivity index (χ0) is 12.3. The molecule has 2 N–H and O–H groups in total. The summed E-state index contributed by atoms with van der Waals surface area (Å²) in [5.41, 5.74) is -0.0221. The van der Waals surface area contributed by atoms with Crippen LogP contribution in [0.5, 0.6) is 0 Å². The lowest BCUT2D eigenvalue weighted by Crippen LogP contribution is -2.59. The minimum absolute atomic E-state index is 0.0623. The number of para-hydroxylation sites is 1. The molecule has 0 aliphatic heterocycles. The molecule has 0 saturated heterocycles. The van der Waals surface area contributed by atoms with Crippen LogP contribution in [0.4, 0.5) is 5.69 Å². The molecule has 1 saturated carbocycles. The van der Waals surface area contributed by atoms with Crippen molar-refractivity contribution in [2.75, 3.05) is 11.9 Å². The fraction of sp³-hybridized carbons (Fsp3) is 0.462. The minimum atomic E-state index is -0.860. The Labute approximate surface area is 101 Å².